The summed E-state index contributed by atoms with van der Waals surface area (Å²) in [5.41, 5.74) is 4.04. The summed E-state index contributed by atoms with van der Waals surface area (Å²) < 4.78 is 29.1. The Morgan fingerprint density at radius 1 is 0.872 bits per heavy atom. The molecule has 0 radical (unpaired) electrons. The van der Waals surface area contributed by atoms with Crippen LogP contribution in [0.1, 0.15) is 49.4 Å². The highest BCUT2D eigenvalue weighted by Gasteiger charge is 2.34. The van der Waals surface area contributed by atoms with Gasteiger partial charge in [0.2, 0.25) is 11.8 Å². The number of carbonyl (C=O) groups excluding carboxylic acids is 2. The second kappa shape index (κ2) is 12.9. The number of benzene rings is 3. The molecule has 0 heterocycles. The van der Waals surface area contributed by atoms with Crippen LogP contribution in [-0.2, 0) is 26.2 Å². The van der Waals surface area contributed by atoms with E-state index < -0.39 is 28.5 Å². The molecule has 0 unspecified atom stereocenters. The van der Waals surface area contributed by atoms with Crippen LogP contribution in [0.4, 0.5) is 5.69 Å². The van der Waals surface area contributed by atoms with Crippen molar-refractivity contribution < 1.29 is 18.0 Å². The van der Waals surface area contributed by atoms with Crippen LogP contribution >= 0.6 is 0 Å². The van der Waals surface area contributed by atoms with E-state index in [9.17, 15) is 18.0 Å². The molecule has 1 atom stereocenters. The average molecular weight is 550 g/mol. The Kier molecular flexibility index (Phi) is 9.92. The fourth-order valence-corrected chi connectivity index (χ4v) is 5.92. The molecule has 39 heavy (non-hydrogen) atoms. The Morgan fingerprint density at radius 3 is 2.10 bits per heavy atom. The second-order valence-electron chi connectivity index (χ2n) is 10.1. The minimum Gasteiger partial charge on any atom is -0.352 e. The summed E-state index contributed by atoms with van der Waals surface area (Å²) in [7, 11) is -4.09. The highest BCUT2D eigenvalue weighted by atomic mass is 32.2. The number of rotatable bonds is 11. The summed E-state index contributed by atoms with van der Waals surface area (Å²) in [5, 5.41) is 2.92. The molecule has 0 aliphatic rings. The standard InChI is InChI=1S/C31H39N3O4S/c1-7-28(31(36)32-22(2)3)33(20-26-18-16-23(4)17-19-26)30(35)21-34(29-15-11-12-24(5)25(29)6)39(37,38)27-13-9-8-10-14-27/h8-19,22,28H,7,20-21H2,1-6H3,(H,32,36)/t28-/m1/s1. The van der Waals surface area contributed by atoms with Crippen molar-refractivity contribution in [2.24, 2.45) is 0 Å². The summed E-state index contributed by atoms with van der Waals surface area (Å²) in [5.74, 6) is -0.723. The van der Waals surface area contributed by atoms with Gasteiger partial charge in [0.1, 0.15) is 12.6 Å². The molecule has 208 valence electrons. The predicted octanol–water partition coefficient (Wildman–Crippen LogP) is 5.14. The van der Waals surface area contributed by atoms with Crippen LogP contribution in [0.2, 0.25) is 0 Å². The number of aryl methyl sites for hydroxylation is 2. The molecule has 2 amide bonds. The van der Waals surface area contributed by atoms with Gasteiger partial charge in [-0.15, -0.1) is 0 Å². The summed E-state index contributed by atoms with van der Waals surface area (Å²) in [6.45, 7) is 11.0. The van der Waals surface area contributed by atoms with Crippen LogP contribution in [0.3, 0.4) is 0 Å². The number of sulfonamides is 1. The lowest BCUT2D eigenvalue weighted by atomic mass is 10.1. The molecule has 0 aromatic heterocycles. The van der Waals surface area contributed by atoms with Crippen LogP contribution < -0.4 is 9.62 Å². The molecule has 3 aromatic carbocycles. The molecule has 0 aliphatic carbocycles. The molecule has 0 bridgehead atoms. The Morgan fingerprint density at radius 2 is 1.51 bits per heavy atom. The molecular weight excluding hydrogens is 510 g/mol. The number of amides is 2. The molecular formula is C31H39N3O4S. The molecule has 0 saturated carbocycles. The van der Waals surface area contributed by atoms with Gasteiger partial charge in [-0.1, -0.05) is 67.1 Å². The SMILES string of the molecule is CC[C@H](C(=O)NC(C)C)N(Cc1ccc(C)cc1)C(=O)CN(c1cccc(C)c1C)S(=O)(=O)c1ccccc1. The highest BCUT2D eigenvalue weighted by molar-refractivity contribution is 7.92. The van der Waals surface area contributed by atoms with E-state index in [1.165, 1.54) is 21.3 Å². The second-order valence-corrected chi connectivity index (χ2v) is 12.0. The summed E-state index contributed by atoms with van der Waals surface area (Å²) in [6.07, 6.45) is 0.380. The van der Waals surface area contributed by atoms with E-state index in [-0.39, 0.29) is 23.4 Å². The molecule has 0 saturated heterocycles. The number of hydrogen-bond acceptors (Lipinski definition) is 4. The Labute approximate surface area is 232 Å². The summed E-state index contributed by atoms with van der Waals surface area (Å²) >= 11 is 0. The third-order valence-electron chi connectivity index (χ3n) is 6.75. The van der Waals surface area contributed by atoms with Crippen LogP contribution in [-0.4, -0.2) is 43.8 Å². The van der Waals surface area contributed by atoms with Crippen molar-refractivity contribution in [2.75, 3.05) is 10.8 Å². The Bertz CT molecular complexity index is 1390. The van der Waals surface area contributed by atoms with E-state index in [4.69, 9.17) is 0 Å². The number of nitrogens with zero attached hydrogens (tertiary/aromatic N) is 2. The van der Waals surface area contributed by atoms with E-state index in [1.807, 2.05) is 71.9 Å². The van der Waals surface area contributed by atoms with Crippen molar-refractivity contribution in [1.82, 2.24) is 10.2 Å². The van der Waals surface area contributed by atoms with Crippen LogP contribution in [0.15, 0.2) is 77.7 Å². The third kappa shape index (κ3) is 7.26. The summed E-state index contributed by atoms with van der Waals surface area (Å²) in [6, 6.07) is 20.4. The zero-order valence-corrected chi connectivity index (χ0v) is 24.5. The van der Waals surface area contributed by atoms with Gasteiger partial charge in [0.25, 0.3) is 10.0 Å². The monoisotopic (exact) mass is 549 g/mol. The maximum atomic E-state index is 14.1. The van der Waals surface area contributed by atoms with Gasteiger partial charge >= 0.3 is 0 Å². The molecule has 0 fully saturated rings. The fourth-order valence-electron chi connectivity index (χ4n) is 4.43. The van der Waals surface area contributed by atoms with Crippen LogP contribution in [0.25, 0.3) is 0 Å². The zero-order valence-electron chi connectivity index (χ0n) is 23.6. The van der Waals surface area contributed by atoms with Crippen molar-refractivity contribution in [3.8, 4) is 0 Å². The lowest BCUT2D eigenvalue weighted by molar-refractivity contribution is -0.140. The quantitative estimate of drug-likeness (QED) is 0.359. The minimum atomic E-state index is -4.09. The first-order valence-corrected chi connectivity index (χ1v) is 14.7. The number of carbonyl (C=O) groups is 2. The van der Waals surface area contributed by atoms with Crippen LogP contribution in [0, 0.1) is 20.8 Å². The molecule has 8 heteroatoms. The van der Waals surface area contributed by atoms with Gasteiger partial charge in [0, 0.05) is 12.6 Å². The third-order valence-corrected chi connectivity index (χ3v) is 8.52. The van der Waals surface area contributed by atoms with Gasteiger partial charge < -0.3 is 10.2 Å². The maximum absolute atomic E-state index is 14.1. The first-order chi connectivity index (χ1) is 18.4. The zero-order chi connectivity index (χ0) is 28.7. The van der Waals surface area contributed by atoms with E-state index >= 15 is 0 Å². The lowest BCUT2D eigenvalue weighted by Crippen LogP contribution is -2.53. The molecule has 3 aromatic rings. The fraction of sp³-hybridized carbons (Fsp3) is 0.355. The molecule has 0 aliphatic heterocycles. The van der Waals surface area contributed by atoms with Crippen molar-refractivity contribution in [3.63, 3.8) is 0 Å². The van der Waals surface area contributed by atoms with Gasteiger partial charge in [-0.25, -0.2) is 8.42 Å². The molecule has 3 rings (SSSR count). The van der Waals surface area contributed by atoms with Crippen molar-refractivity contribution in [2.45, 2.75) is 71.5 Å². The van der Waals surface area contributed by atoms with Crippen molar-refractivity contribution in [3.05, 3.63) is 95.1 Å². The van der Waals surface area contributed by atoms with E-state index in [1.54, 1.807) is 30.3 Å². The van der Waals surface area contributed by atoms with Gasteiger partial charge in [-0.2, -0.15) is 0 Å². The van der Waals surface area contributed by atoms with Gasteiger partial charge in [0.15, 0.2) is 0 Å². The molecule has 1 N–H and O–H groups in total. The average Bonchev–Trinajstić information content (AvgIpc) is 2.90. The first kappa shape index (κ1) is 29.9. The maximum Gasteiger partial charge on any atom is 0.264 e. The normalized spacial score (nSPS) is 12.2. The number of nitrogens with one attached hydrogen (secondary N) is 1. The Hall–Kier alpha value is -3.65. The predicted molar refractivity (Wildman–Crippen MR) is 156 cm³/mol. The van der Waals surface area contributed by atoms with E-state index in [0.29, 0.717) is 12.1 Å². The Balaban J connectivity index is 2.09. The molecule has 7 nitrogen and oxygen atoms in total. The van der Waals surface area contributed by atoms with Crippen molar-refractivity contribution >= 4 is 27.5 Å². The number of hydrogen-bond donors (Lipinski definition) is 1. The topological polar surface area (TPSA) is 86.8 Å². The van der Waals surface area contributed by atoms with E-state index in [2.05, 4.69) is 5.32 Å². The van der Waals surface area contributed by atoms with Gasteiger partial charge in [0.05, 0.1) is 10.6 Å². The van der Waals surface area contributed by atoms with E-state index in [0.717, 1.165) is 22.3 Å². The van der Waals surface area contributed by atoms with Crippen molar-refractivity contribution in [1.29, 1.82) is 0 Å². The summed E-state index contributed by atoms with van der Waals surface area (Å²) in [4.78, 5) is 28.9. The lowest BCUT2D eigenvalue weighted by Gasteiger charge is -2.34. The number of anilines is 1. The smallest absolute Gasteiger partial charge is 0.264 e. The minimum absolute atomic E-state index is 0.0911. The van der Waals surface area contributed by atoms with Crippen LogP contribution in [0.5, 0.6) is 0 Å². The van der Waals surface area contributed by atoms with Gasteiger partial charge in [-0.05, 0) is 75.9 Å². The largest absolute Gasteiger partial charge is 0.352 e. The first-order valence-electron chi connectivity index (χ1n) is 13.2. The van der Waals surface area contributed by atoms with Gasteiger partial charge in [-0.3, -0.25) is 13.9 Å². The molecule has 0 spiro atoms. The highest BCUT2D eigenvalue weighted by Crippen LogP contribution is 2.29.